The molecule has 0 bridgehead atoms. The predicted octanol–water partition coefficient (Wildman–Crippen LogP) is 2.77. The smallest absolute Gasteiger partial charge is 0.319 e. The van der Waals surface area contributed by atoms with Gasteiger partial charge in [-0.05, 0) is 17.5 Å². The standard InChI is InChI=1S/C19H17N3O6/c1-19(2)5-11(23)15-13(6-19)28-18(21)10(7-20)14(15)9-3-4-12-17(27-8-26-12)16(9)22(24)25/h3-4,14H,5-6,8,21H2,1-2H3/t14-/m0/s1. The number of rotatable bonds is 2. The van der Waals surface area contributed by atoms with E-state index in [4.69, 9.17) is 19.9 Å². The number of ketones is 1. The lowest BCUT2D eigenvalue weighted by molar-refractivity contribution is -0.386. The number of carbonyl (C=O) groups is 1. The van der Waals surface area contributed by atoms with Gasteiger partial charge in [0.1, 0.15) is 17.4 Å². The van der Waals surface area contributed by atoms with E-state index < -0.39 is 10.8 Å². The van der Waals surface area contributed by atoms with E-state index in [-0.39, 0.29) is 64.2 Å². The Hall–Kier alpha value is -3.54. The SMILES string of the molecule is CC1(C)CC(=O)C2=C(C1)OC(N)=C(C#N)[C@@H]2c1ccc2c(c1[N+](=O)[O-])OCO2. The molecule has 28 heavy (non-hydrogen) atoms. The van der Waals surface area contributed by atoms with Crippen LogP contribution in [0.5, 0.6) is 11.5 Å². The minimum absolute atomic E-state index is 0.0180. The van der Waals surface area contributed by atoms with Crippen molar-refractivity contribution in [3.8, 4) is 17.6 Å². The van der Waals surface area contributed by atoms with E-state index in [1.54, 1.807) is 0 Å². The lowest BCUT2D eigenvalue weighted by Gasteiger charge is -2.37. The first-order chi connectivity index (χ1) is 13.2. The Morgan fingerprint density at radius 1 is 1.32 bits per heavy atom. The summed E-state index contributed by atoms with van der Waals surface area (Å²) in [5.74, 6) is -0.784. The van der Waals surface area contributed by atoms with E-state index in [0.29, 0.717) is 12.2 Å². The maximum absolute atomic E-state index is 13.0. The van der Waals surface area contributed by atoms with Crippen molar-refractivity contribution in [2.24, 2.45) is 11.1 Å². The highest BCUT2D eigenvalue weighted by Crippen LogP contribution is 2.52. The summed E-state index contributed by atoms with van der Waals surface area (Å²) in [5.41, 5.74) is 5.64. The Morgan fingerprint density at radius 2 is 2.07 bits per heavy atom. The molecule has 0 fully saturated rings. The normalized spacial score (nSPS) is 22.5. The minimum atomic E-state index is -0.993. The number of carbonyl (C=O) groups excluding carboxylic acids is 1. The van der Waals surface area contributed by atoms with Crippen LogP contribution < -0.4 is 15.2 Å². The highest BCUT2D eigenvalue weighted by Gasteiger charge is 2.46. The summed E-state index contributed by atoms with van der Waals surface area (Å²) in [5, 5.41) is 21.5. The zero-order valence-corrected chi connectivity index (χ0v) is 15.3. The molecule has 4 rings (SSSR count). The summed E-state index contributed by atoms with van der Waals surface area (Å²) < 4.78 is 16.1. The maximum Gasteiger partial charge on any atom is 0.319 e. The molecule has 2 heterocycles. The maximum atomic E-state index is 13.0. The van der Waals surface area contributed by atoms with E-state index in [1.165, 1.54) is 12.1 Å². The van der Waals surface area contributed by atoms with Crippen molar-refractivity contribution in [3.63, 3.8) is 0 Å². The van der Waals surface area contributed by atoms with Gasteiger partial charge >= 0.3 is 5.69 Å². The number of nitrogens with two attached hydrogens (primary N) is 1. The predicted molar refractivity (Wildman–Crippen MR) is 94.9 cm³/mol. The van der Waals surface area contributed by atoms with Crippen molar-refractivity contribution in [3.05, 3.63) is 50.6 Å². The second kappa shape index (κ2) is 5.99. The van der Waals surface area contributed by atoms with Crippen molar-refractivity contribution in [2.75, 3.05) is 6.79 Å². The first kappa shape index (κ1) is 17.9. The summed E-state index contributed by atoms with van der Waals surface area (Å²) >= 11 is 0. The third-order valence-corrected chi connectivity index (χ3v) is 5.11. The fourth-order valence-corrected chi connectivity index (χ4v) is 3.99. The molecule has 1 aromatic rings. The molecule has 9 nitrogen and oxygen atoms in total. The van der Waals surface area contributed by atoms with Gasteiger partial charge in [-0.1, -0.05) is 13.8 Å². The van der Waals surface area contributed by atoms with E-state index in [0.717, 1.165) is 0 Å². The monoisotopic (exact) mass is 383 g/mol. The van der Waals surface area contributed by atoms with Crippen LogP contribution >= 0.6 is 0 Å². The van der Waals surface area contributed by atoms with Gasteiger partial charge in [-0.3, -0.25) is 14.9 Å². The molecule has 0 unspecified atom stereocenters. The number of fused-ring (bicyclic) bond motifs is 1. The van der Waals surface area contributed by atoms with E-state index in [9.17, 15) is 20.2 Å². The summed E-state index contributed by atoms with van der Waals surface area (Å²) in [7, 11) is 0. The molecule has 9 heteroatoms. The molecule has 144 valence electrons. The Balaban J connectivity index is 1.98. The number of Topliss-reactive ketones (excluding diaryl/α,β-unsaturated/α-hetero) is 1. The Kier molecular flexibility index (Phi) is 3.82. The molecule has 3 aliphatic rings. The Bertz CT molecular complexity index is 1030. The zero-order valence-electron chi connectivity index (χ0n) is 15.3. The van der Waals surface area contributed by atoms with Crippen LogP contribution in [0, 0.1) is 26.9 Å². The van der Waals surface area contributed by atoms with Crippen LogP contribution in [-0.4, -0.2) is 17.5 Å². The van der Waals surface area contributed by atoms with Crippen molar-refractivity contribution < 1.29 is 23.9 Å². The quantitative estimate of drug-likeness (QED) is 0.608. The molecule has 1 atom stereocenters. The zero-order chi connectivity index (χ0) is 20.2. The van der Waals surface area contributed by atoms with Crippen molar-refractivity contribution in [2.45, 2.75) is 32.6 Å². The lowest BCUT2D eigenvalue weighted by atomic mass is 9.70. The number of nitriles is 1. The molecule has 0 radical (unpaired) electrons. The summed E-state index contributed by atoms with van der Waals surface area (Å²) in [4.78, 5) is 24.2. The molecule has 0 amide bonds. The molecule has 1 aliphatic carbocycles. The van der Waals surface area contributed by atoms with Crippen LogP contribution in [0.25, 0.3) is 0 Å². The average Bonchev–Trinajstić information content (AvgIpc) is 3.06. The van der Waals surface area contributed by atoms with Crippen molar-refractivity contribution in [1.82, 2.24) is 0 Å². The van der Waals surface area contributed by atoms with Crippen LogP contribution in [0.15, 0.2) is 34.9 Å². The van der Waals surface area contributed by atoms with Crippen molar-refractivity contribution in [1.29, 1.82) is 5.26 Å². The number of nitro groups is 1. The van der Waals surface area contributed by atoms with Gasteiger partial charge in [-0.25, -0.2) is 0 Å². The van der Waals surface area contributed by atoms with Gasteiger partial charge in [0.2, 0.25) is 18.4 Å². The van der Waals surface area contributed by atoms with Crippen LogP contribution in [0.3, 0.4) is 0 Å². The number of hydrogen-bond donors (Lipinski definition) is 1. The van der Waals surface area contributed by atoms with E-state index >= 15 is 0 Å². The molecule has 0 aromatic heterocycles. The number of nitrogens with zero attached hydrogens (tertiary/aromatic N) is 2. The number of hydrogen-bond acceptors (Lipinski definition) is 8. The van der Waals surface area contributed by atoms with E-state index in [2.05, 4.69) is 0 Å². The number of ether oxygens (including phenoxy) is 3. The van der Waals surface area contributed by atoms with Gasteiger partial charge in [0.25, 0.3) is 0 Å². The van der Waals surface area contributed by atoms with Gasteiger partial charge in [-0.15, -0.1) is 0 Å². The second-order valence-corrected chi connectivity index (χ2v) is 7.70. The summed E-state index contributed by atoms with van der Waals surface area (Å²) in [6.07, 6.45) is 0.672. The fraction of sp³-hybridized carbons (Fsp3) is 0.368. The largest absolute Gasteiger partial charge is 0.453 e. The highest BCUT2D eigenvalue weighted by atomic mass is 16.7. The fourth-order valence-electron chi connectivity index (χ4n) is 3.99. The minimum Gasteiger partial charge on any atom is -0.453 e. The third kappa shape index (κ3) is 2.57. The number of benzene rings is 1. The lowest BCUT2D eigenvalue weighted by Crippen LogP contribution is -2.33. The topological polar surface area (TPSA) is 138 Å². The first-order valence-corrected chi connectivity index (χ1v) is 8.64. The molecule has 0 spiro atoms. The number of allylic oxidation sites excluding steroid dienone is 3. The molecule has 2 N–H and O–H groups in total. The Labute approximate surface area is 160 Å². The van der Waals surface area contributed by atoms with Gasteiger partial charge in [-0.2, -0.15) is 5.26 Å². The van der Waals surface area contributed by atoms with Gasteiger partial charge < -0.3 is 19.9 Å². The van der Waals surface area contributed by atoms with Gasteiger partial charge in [0.05, 0.1) is 10.8 Å². The molecular weight excluding hydrogens is 366 g/mol. The Morgan fingerprint density at radius 3 is 2.75 bits per heavy atom. The number of nitro benzene ring substituents is 1. The molecule has 0 saturated carbocycles. The molecule has 1 aromatic carbocycles. The van der Waals surface area contributed by atoms with Gasteiger partial charge in [0.15, 0.2) is 11.5 Å². The second-order valence-electron chi connectivity index (χ2n) is 7.70. The summed E-state index contributed by atoms with van der Waals surface area (Å²) in [6.45, 7) is 3.71. The van der Waals surface area contributed by atoms with E-state index in [1.807, 2.05) is 19.9 Å². The third-order valence-electron chi connectivity index (χ3n) is 5.11. The average molecular weight is 383 g/mol. The molecular formula is C19H17N3O6. The molecule has 0 saturated heterocycles. The van der Waals surface area contributed by atoms with Crippen LogP contribution in [0.2, 0.25) is 0 Å². The highest BCUT2D eigenvalue weighted by molar-refractivity contribution is 6.00. The van der Waals surface area contributed by atoms with Crippen LogP contribution in [0.1, 0.15) is 38.2 Å². The molecule has 2 aliphatic heterocycles. The van der Waals surface area contributed by atoms with Crippen LogP contribution in [0.4, 0.5) is 5.69 Å². The van der Waals surface area contributed by atoms with Gasteiger partial charge in [0, 0.05) is 24.0 Å². The first-order valence-electron chi connectivity index (χ1n) is 8.64. The summed E-state index contributed by atoms with van der Waals surface area (Å²) in [6, 6.07) is 4.97. The van der Waals surface area contributed by atoms with Crippen LogP contribution in [-0.2, 0) is 9.53 Å². The van der Waals surface area contributed by atoms with Crippen molar-refractivity contribution >= 4 is 11.5 Å².